The Balaban J connectivity index is 2.13. The number of anilines is 1. The van der Waals surface area contributed by atoms with E-state index in [0.29, 0.717) is 6.61 Å². The molecule has 0 unspecified atom stereocenters. The summed E-state index contributed by atoms with van der Waals surface area (Å²) in [5, 5.41) is 3.15. The van der Waals surface area contributed by atoms with Crippen molar-refractivity contribution in [1.29, 1.82) is 0 Å². The summed E-state index contributed by atoms with van der Waals surface area (Å²) in [6.45, 7) is 3.44. The number of ether oxygens (including phenoxy) is 1. The number of rotatable bonds is 2. The number of fused-ring (bicyclic) bond motifs is 1. The number of hydrogen-bond donors (Lipinski definition) is 1. The highest BCUT2D eigenvalue weighted by Gasteiger charge is 2.13. The number of hydrogen-bond acceptors (Lipinski definition) is 3. The van der Waals surface area contributed by atoms with Gasteiger partial charge in [0.05, 0.1) is 0 Å². The van der Waals surface area contributed by atoms with E-state index in [9.17, 15) is 0 Å². The van der Waals surface area contributed by atoms with Crippen LogP contribution in [0.2, 0.25) is 0 Å². The number of nitrogens with zero attached hydrogens (tertiary/aromatic N) is 2. The van der Waals surface area contributed by atoms with Crippen LogP contribution in [0.4, 0.5) is 5.82 Å². The second kappa shape index (κ2) is 4.09. The van der Waals surface area contributed by atoms with Crippen molar-refractivity contribution in [2.24, 2.45) is 4.99 Å². The number of amidine groups is 1. The highest BCUT2D eigenvalue weighted by Crippen LogP contribution is 2.23. The summed E-state index contributed by atoms with van der Waals surface area (Å²) >= 11 is 0. The lowest BCUT2D eigenvalue weighted by atomic mass is 10.3. The minimum Gasteiger partial charge on any atom is -0.482 e. The van der Waals surface area contributed by atoms with Crippen LogP contribution in [0.25, 0.3) is 0 Å². The molecule has 4 heteroatoms. The van der Waals surface area contributed by atoms with Crippen molar-refractivity contribution in [3.63, 3.8) is 0 Å². The molecule has 2 heterocycles. The van der Waals surface area contributed by atoms with Gasteiger partial charge in [0.25, 0.3) is 0 Å². The summed E-state index contributed by atoms with van der Waals surface area (Å²) < 4.78 is 5.48. The van der Waals surface area contributed by atoms with Crippen LogP contribution in [0, 0.1) is 0 Å². The van der Waals surface area contributed by atoms with Crippen LogP contribution in [0.1, 0.15) is 13.3 Å². The molecule has 1 N–H and O–H groups in total. The van der Waals surface area contributed by atoms with E-state index in [1.165, 1.54) is 0 Å². The van der Waals surface area contributed by atoms with Gasteiger partial charge in [-0.25, -0.2) is 4.98 Å². The Hall–Kier alpha value is -1.58. The Kier molecular flexibility index (Phi) is 2.62. The van der Waals surface area contributed by atoms with Crippen molar-refractivity contribution < 1.29 is 4.74 Å². The molecule has 0 radical (unpaired) electrons. The molecule has 4 nitrogen and oxygen atoms in total. The average molecular weight is 191 g/mol. The minimum atomic E-state index is 0.513. The maximum absolute atomic E-state index is 5.48. The van der Waals surface area contributed by atoms with Gasteiger partial charge < -0.3 is 10.1 Å². The van der Waals surface area contributed by atoms with E-state index >= 15 is 0 Å². The number of nitrogens with one attached hydrogen (secondary N) is 1. The fourth-order valence-corrected chi connectivity index (χ4v) is 1.25. The molecule has 0 aromatic carbocycles. The highest BCUT2D eigenvalue weighted by molar-refractivity contribution is 5.98. The van der Waals surface area contributed by atoms with Crippen LogP contribution in [0.15, 0.2) is 23.3 Å². The Morgan fingerprint density at radius 2 is 2.57 bits per heavy atom. The van der Waals surface area contributed by atoms with E-state index in [0.717, 1.165) is 30.4 Å². The standard InChI is InChI=1S/C10H13N3O/c1-2-5-11-9-7-14-8-4-3-6-12-10(8)13-9/h3-4,6H,2,5,7H2,1H3,(H,11,12,13). The normalized spacial score (nSPS) is 17.1. The van der Waals surface area contributed by atoms with Crippen molar-refractivity contribution in [2.75, 3.05) is 18.5 Å². The van der Waals surface area contributed by atoms with E-state index in [1.54, 1.807) is 6.20 Å². The highest BCUT2D eigenvalue weighted by atomic mass is 16.5. The first kappa shape index (κ1) is 8.99. The molecule has 0 amide bonds. The van der Waals surface area contributed by atoms with Gasteiger partial charge in [-0.15, -0.1) is 0 Å². The first-order valence-electron chi connectivity index (χ1n) is 4.78. The predicted molar refractivity (Wildman–Crippen MR) is 55.9 cm³/mol. The molecular formula is C10H13N3O. The average Bonchev–Trinajstić information content (AvgIpc) is 2.26. The molecule has 0 aliphatic carbocycles. The maximum atomic E-state index is 5.48. The fourth-order valence-electron chi connectivity index (χ4n) is 1.25. The van der Waals surface area contributed by atoms with Crippen LogP contribution < -0.4 is 10.1 Å². The molecule has 1 aromatic rings. The second-order valence-electron chi connectivity index (χ2n) is 3.09. The van der Waals surface area contributed by atoms with Crippen molar-refractivity contribution >= 4 is 11.7 Å². The molecule has 1 aliphatic rings. The largest absolute Gasteiger partial charge is 0.482 e. The third-order valence-corrected chi connectivity index (χ3v) is 1.92. The van der Waals surface area contributed by atoms with Gasteiger partial charge in [-0.1, -0.05) is 6.92 Å². The molecule has 74 valence electrons. The van der Waals surface area contributed by atoms with E-state index < -0.39 is 0 Å². The molecular weight excluding hydrogens is 178 g/mol. The number of pyridine rings is 1. The monoisotopic (exact) mass is 191 g/mol. The third-order valence-electron chi connectivity index (χ3n) is 1.92. The topological polar surface area (TPSA) is 46.5 Å². The van der Waals surface area contributed by atoms with Crippen LogP contribution in [-0.2, 0) is 0 Å². The molecule has 0 saturated carbocycles. The van der Waals surface area contributed by atoms with Crippen LogP contribution >= 0.6 is 0 Å². The fraction of sp³-hybridized carbons (Fsp3) is 0.400. The third kappa shape index (κ3) is 1.84. The van der Waals surface area contributed by atoms with Gasteiger partial charge in [0.2, 0.25) is 0 Å². The SMILES string of the molecule is CCCN=C1COc2cccnc2N1. The van der Waals surface area contributed by atoms with Crippen LogP contribution in [0.5, 0.6) is 5.75 Å². The van der Waals surface area contributed by atoms with E-state index in [2.05, 4.69) is 22.2 Å². The quantitative estimate of drug-likeness (QED) is 0.773. The lowest BCUT2D eigenvalue weighted by molar-refractivity contribution is 0.370. The van der Waals surface area contributed by atoms with Crippen molar-refractivity contribution in [3.05, 3.63) is 18.3 Å². The van der Waals surface area contributed by atoms with Crippen molar-refractivity contribution in [3.8, 4) is 5.75 Å². The molecule has 2 rings (SSSR count). The van der Waals surface area contributed by atoms with Gasteiger partial charge in [0.1, 0.15) is 12.4 Å². The second-order valence-corrected chi connectivity index (χ2v) is 3.09. The summed E-state index contributed by atoms with van der Waals surface area (Å²) in [4.78, 5) is 8.50. The molecule has 1 aromatic heterocycles. The van der Waals surface area contributed by atoms with Gasteiger partial charge in [0.15, 0.2) is 11.6 Å². The van der Waals surface area contributed by atoms with E-state index in [1.807, 2.05) is 12.1 Å². The maximum Gasteiger partial charge on any atom is 0.174 e. The predicted octanol–water partition coefficient (Wildman–Crippen LogP) is 1.69. The molecule has 0 spiro atoms. The van der Waals surface area contributed by atoms with E-state index in [4.69, 9.17) is 4.74 Å². The van der Waals surface area contributed by atoms with Gasteiger partial charge >= 0.3 is 0 Å². The smallest absolute Gasteiger partial charge is 0.174 e. The van der Waals surface area contributed by atoms with Gasteiger partial charge in [-0.05, 0) is 18.6 Å². The molecule has 0 atom stereocenters. The zero-order valence-electron chi connectivity index (χ0n) is 8.16. The molecule has 0 bridgehead atoms. The molecule has 0 fully saturated rings. The van der Waals surface area contributed by atoms with Crippen LogP contribution in [0.3, 0.4) is 0 Å². The van der Waals surface area contributed by atoms with E-state index in [-0.39, 0.29) is 0 Å². The van der Waals surface area contributed by atoms with Crippen molar-refractivity contribution in [2.45, 2.75) is 13.3 Å². The van der Waals surface area contributed by atoms with Gasteiger partial charge in [-0.3, -0.25) is 4.99 Å². The number of aliphatic imine (C=N–C) groups is 1. The van der Waals surface area contributed by atoms with Crippen molar-refractivity contribution in [1.82, 2.24) is 4.98 Å². The Morgan fingerprint density at radius 3 is 3.43 bits per heavy atom. The first-order valence-corrected chi connectivity index (χ1v) is 4.78. The lowest BCUT2D eigenvalue weighted by Gasteiger charge is -2.19. The summed E-state index contributed by atoms with van der Waals surface area (Å²) in [7, 11) is 0. The number of aromatic nitrogens is 1. The Labute approximate surface area is 83.0 Å². The Bertz CT molecular complexity index is 349. The summed E-state index contributed by atoms with van der Waals surface area (Å²) in [6, 6.07) is 3.75. The first-order chi connectivity index (χ1) is 6.90. The Morgan fingerprint density at radius 1 is 1.64 bits per heavy atom. The van der Waals surface area contributed by atoms with Gasteiger partial charge in [-0.2, -0.15) is 0 Å². The zero-order chi connectivity index (χ0) is 9.80. The zero-order valence-corrected chi connectivity index (χ0v) is 8.16. The van der Waals surface area contributed by atoms with Gasteiger partial charge in [0, 0.05) is 12.7 Å². The summed E-state index contributed by atoms with van der Waals surface area (Å²) in [6.07, 6.45) is 2.78. The molecule has 0 saturated heterocycles. The molecule has 1 aliphatic heterocycles. The van der Waals surface area contributed by atoms with Crippen LogP contribution in [-0.4, -0.2) is 24.0 Å². The minimum absolute atomic E-state index is 0.513. The summed E-state index contributed by atoms with van der Waals surface area (Å²) in [5.41, 5.74) is 0. The lowest BCUT2D eigenvalue weighted by Crippen LogP contribution is -2.26. The molecule has 14 heavy (non-hydrogen) atoms. The summed E-state index contributed by atoms with van der Waals surface area (Å²) in [5.74, 6) is 2.41.